The number of benzene rings is 2. The lowest BCUT2D eigenvalue weighted by Gasteiger charge is -2.08. The maximum atomic E-state index is 13.0. The van der Waals surface area contributed by atoms with E-state index in [0.717, 1.165) is 30.6 Å². The quantitative estimate of drug-likeness (QED) is 0.285. The normalized spacial score (nSPS) is 10.9. The van der Waals surface area contributed by atoms with E-state index in [1.807, 2.05) is 55.5 Å². The second kappa shape index (κ2) is 8.51. The van der Waals surface area contributed by atoms with E-state index in [1.54, 1.807) is 0 Å². The molecule has 4 nitrogen and oxygen atoms in total. The van der Waals surface area contributed by atoms with Gasteiger partial charge in [0.25, 0.3) is 5.91 Å². The number of nitrogens with one attached hydrogen (secondary N) is 1. The first-order valence-electron chi connectivity index (χ1n) is 8.86. The molecule has 1 N–H and O–H groups in total. The number of esters is 1. The molecule has 0 radical (unpaired) electrons. The molecule has 4 aromatic rings. The second-order valence-electron chi connectivity index (χ2n) is 6.43. The molecule has 152 valence electrons. The predicted molar refractivity (Wildman–Crippen MR) is 128 cm³/mol. The predicted octanol–water partition coefficient (Wildman–Crippen LogP) is 7.39. The summed E-state index contributed by atoms with van der Waals surface area (Å²) in [6.07, 6.45) is 0. The van der Waals surface area contributed by atoms with Crippen LogP contribution in [0, 0.1) is 6.92 Å². The van der Waals surface area contributed by atoms with Gasteiger partial charge < -0.3 is 10.1 Å². The number of rotatable bonds is 4. The number of hydrogen-bond donors (Lipinski definition) is 1. The van der Waals surface area contributed by atoms with Crippen LogP contribution in [0.25, 0.3) is 21.2 Å². The summed E-state index contributed by atoms with van der Waals surface area (Å²) in [5, 5.41) is 4.57. The molecule has 0 fully saturated rings. The minimum Gasteiger partial charge on any atom is -0.465 e. The van der Waals surface area contributed by atoms with Gasteiger partial charge in [-0.2, -0.15) is 0 Å². The highest BCUT2D eigenvalue weighted by Crippen LogP contribution is 2.42. The number of hydrogen-bond acceptors (Lipinski definition) is 5. The third-order valence-electron chi connectivity index (χ3n) is 4.57. The number of carbonyl (C=O) groups excluding carboxylic acids is 2. The molecule has 8 heteroatoms. The average molecular weight is 521 g/mol. The van der Waals surface area contributed by atoms with Gasteiger partial charge in [0.2, 0.25) is 0 Å². The zero-order valence-electron chi connectivity index (χ0n) is 15.9. The van der Waals surface area contributed by atoms with Gasteiger partial charge in [0.05, 0.1) is 12.1 Å². The molecule has 0 aliphatic carbocycles. The van der Waals surface area contributed by atoms with Gasteiger partial charge in [-0.3, -0.25) is 4.79 Å². The summed E-state index contributed by atoms with van der Waals surface area (Å²) in [6, 6.07) is 15.2. The SMILES string of the molecule is COC(=O)c1c(NC(=O)c2sc3ccccc3c2Cl)sc(C)c1-c1ccc(Br)cc1. The molecule has 2 heterocycles. The molecule has 30 heavy (non-hydrogen) atoms. The Morgan fingerprint density at radius 1 is 1.07 bits per heavy atom. The number of aryl methyl sites for hydroxylation is 1. The third kappa shape index (κ3) is 3.78. The summed E-state index contributed by atoms with van der Waals surface area (Å²) >= 11 is 12.5. The molecule has 4 rings (SSSR count). The maximum absolute atomic E-state index is 13.0. The largest absolute Gasteiger partial charge is 0.465 e. The van der Waals surface area contributed by atoms with Crippen LogP contribution in [0.3, 0.4) is 0 Å². The minimum absolute atomic E-state index is 0.341. The van der Waals surface area contributed by atoms with Crippen molar-refractivity contribution in [2.24, 2.45) is 0 Å². The van der Waals surface area contributed by atoms with E-state index in [9.17, 15) is 9.59 Å². The van der Waals surface area contributed by atoms with Crippen molar-refractivity contribution < 1.29 is 14.3 Å². The van der Waals surface area contributed by atoms with Crippen LogP contribution in [0.4, 0.5) is 5.00 Å². The highest BCUT2D eigenvalue weighted by molar-refractivity contribution is 9.10. The number of fused-ring (bicyclic) bond motifs is 1. The lowest BCUT2D eigenvalue weighted by atomic mass is 10.0. The van der Waals surface area contributed by atoms with E-state index >= 15 is 0 Å². The molecule has 1 amide bonds. The summed E-state index contributed by atoms with van der Waals surface area (Å²) < 4.78 is 6.89. The van der Waals surface area contributed by atoms with Crippen molar-refractivity contribution in [3.05, 3.63) is 73.3 Å². The molecule has 0 aliphatic heterocycles. The second-order valence-corrected chi connectivity index (χ2v) is 10.0. The fraction of sp³-hybridized carbons (Fsp3) is 0.0909. The fourth-order valence-electron chi connectivity index (χ4n) is 3.21. The van der Waals surface area contributed by atoms with Crippen LogP contribution in [0.1, 0.15) is 24.9 Å². The zero-order chi connectivity index (χ0) is 21.4. The lowest BCUT2D eigenvalue weighted by molar-refractivity contribution is 0.0603. The maximum Gasteiger partial charge on any atom is 0.341 e. The lowest BCUT2D eigenvalue weighted by Crippen LogP contribution is -2.13. The Morgan fingerprint density at radius 3 is 2.43 bits per heavy atom. The average Bonchev–Trinajstić information content (AvgIpc) is 3.25. The first kappa shape index (κ1) is 21.1. The minimum atomic E-state index is -0.505. The van der Waals surface area contributed by atoms with Gasteiger partial charge >= 0.3 is 5.97 Å². The van der Waals surface area contributed by atoms with Crippen LogP contribution in [0.2, 0.25) is 5.02 Å². The van der Waals surface area contributed by atoms with E-state index in [0.29, 0.717) is 20.5 Å². The monoisotopic (exact) mass is 519 g/mol. The van der Waals surface area contributed by atoms with Gasteiger partial charge in [0, 0.05) is 25.0 Å². The van der Waals surface area contributed by atoms with Crippen molar-refractivity contribution in [3.63, 3.8) is 0 Å². The van der Waals surface area contributed by atoms with Crippen LogP contribution in [-0.2, 0) is 4.74 Å². The Balaban J connectivity index is 1.77. The van der Waals surface area contributed by atoms with Crippen LogP contribution in [-0.4, -0.2) is 19.0 Å². The van der Waals surface area contributed by atoms with Crippen molar-refractivity contribution in [3.8, 4) is 11.1 Å². The Morgan fingerprint density at radius 2 is 1.77 bits per heavy atom. The fourth-order valence-corrected chi connectivity index (χ4v) is 5.95. The van der Waals surface area contributed by atoms with Crippen LogP contribution >= 0.6 is 50.2 Å². The van der Waals surface area contributed by atoms with E-state index in [2.05, 4.69) is 21.2 Å². The van der Waals surface area contributed by atoms with E-state index in [-0.39, 0.29) is 5.91 Å². The third-order valence-corrected chi connectivity index (χ3v) is 7.80. The summed E-state index contributed by atoms with van der Waals surface area (Å²) in [5.74, 6) is -0.857. The Kier molecular flexibility index (Phi) is 5.97. The molecule has 0 aliphatic rings. The van der Waals surface area contributed by atoms with Gasteiger partial charge in [0.15, 0.2) is 0 Å². The van der Waals surface area contributed by atoms with Gasteiger partial charge in [-0.15, -0.1) is 22.7 Å². The Hall–Kier alpha value is -2.19. The van der Waals surface area contributed by atoms with Crippen LogP contribution in [0.5, 0.6) is 0 Å². The van der Waals surface area contributed by atoms with Crippen molar-refractivity contribution in [1.82, 2.24) is 0 Å². The first-order chi connectivity index (χ1) is 14.4. The van der Waals surface area contributed by atoms with E-state index < -0.39 is 5.97 Å². The zero-order valence-corrected chi connectivity index (χ0v) is 19.9. The summed E-state index contributed by atoms with van der Waals surface area (Å²) in [6.45, 7) is 1.91. The number of carbonyl (C=O) groups is 2. The van der Waals surface area contributed by atoms with Gasteiger partial charge in [-0.05, 0) is 30.7 Å². The van der Waals surface area contributed by atoms with Crippen molar-refractivity contribution in [1.29, 1.82) is 0 Å². The molecule has 0 spiro atoms. The van der Waals surface area contributed by atoms with Gasteiger partial charge in [-0.1, -0.05) is 57.9 Å². The van der Waals surface area contributed by atoms with Gasteiger partial charge in [-0.25, -0.2) is 4.79 Å². The van der Waals surface area contributed by atoms with Gasteiger partial charge in [0.1, 0.15) is 15.4 Å². The topological polar surface area (TPSA) is 55.4 Å². The molecule has 2 aromatic carbocycles. The number of ether oxygens (including phenoxy) is 1. The molecular formula is C22H15BrClNO3S2. The number of halogens is 2. The molecule has 0 saturated heterocycles. The molecule has 0 unspecified atom stereocenters. The number of amides is 1. The molecular weight excluding hydrogens is 506 g/mol. The van der Waals surface area contributed by atoms with Crippen molar-refractivity contribution >= 4 is 77.2 Å². The first-order valence-corrected chi connectivity index (χ1v) is 11.7. The summed E-state index contributed by atoms with van der Waals surface area (Å²) in [5.41, 5.74) is 1.96. The van der Waals surface area contributed by atoms with E-state index in [1.165, 1.54) is 29.8 Å². The van der Waals surface area contributed by atoms with Crippen molar-refractivity contribution in [2.75, 3.05) is 12.4 Å². The molecule has 2 aromatic heterocycles. The smallest absolute Gasteiger partial charge is 0.341 e. The Bertz CT molecular complexity index is 1280. The highest BCUT2D eigenvalue weighted by Gasteiger charge is 2.26. The van der Waals surface area contributed by atoms with E-state index in [4.69, 9.17) is 16.3 Å². The van der Waals surface area contributed by atoms with Crippen LogP contribution < -0.4 is 5.32 Å². The van der Waals surface area contributed by atoms with Crippen LogP contribution in [0.15, 0.2) is 53.0 Å². The summed E-state index contributed by atoms with van der Waals surface area (Å²) in [7, 11) is 1.33. The standard InChI is InChI=1S/C22H15BrClNO3S2/c1-11-16(12-7-9-13(23)10-8-12)17(22(27)28-2)21(29-11)25-20(26)19-18(24)14-5-3-4-6-15(14)30-19/h3-10H,1-2H3,(H,25,26). The number of thiophene rings is 2. The molecule has 0 atom stereocenters. The highest BCUT2D eigenvalue weighted by atomic mass is 79.9. The summed E-state index contributed by atoms with van der Waals surface area (Å²) in [4.78, 5) is 27.0. The van der Waals surface area contributed by atoms with Crippen molar-refractivity contribution in [2.45, 2.75) is 6.92 Å². The Labute approximate surface area is 194 Å². The molecule has 0 saturated carbocycles. The molecule has 0 bridgehead atoms. The number of anilines is 1. The number of methoxy groups -OCH3 is 1.